The molecule has 1 rings (SSSR count). The zero-order valence-electron chi connectivity index (χ0n) is 11.7. The van der Waals surface area contributed by atoms with Crippen LogP contribution >= 0.6 is 0 Å². The summed E-state index contributed by atoms with van der Waals surface area (Å²) in [5.74, 6) is 0.0516. The van der Waals surface area contributed by atoms with Crippen molar-refractivity contribution < 1.29 is 9.59 Å². The molecule has 1 N–H and O–H groups in total. The van der Waals surface area contributed by atoms with Crippen molar-refractivity contribution >= 4 is 11.8 Å². The first-order chi connectivity index (χ1) is 8.65. The van der Waals surface area contributed by atoms with Gasteiger partial charge in [0, 0.05) is 19.5 Å². The average Bonchev–Trinajstić information content (AvgIpc) is 2.46. The van der Waals surface area contributed by atoms with Crippen LogP contribution in [0.25, 0.3) is 0 Å². The number of rotatable bonds is 7. The van der Waals surface area contributed by atoms with Gasteiger partial charge in [-0.2, -0.15) is 0 Å². The number of amides is 2. The highest BCUT2D eigenvalue weighted by Gasteiger charge is 2.25. The molecule has 104 valence electrons. The van der Waals surface area contributed by atoms with Crippen LogP contribution in [0.1, 0.15) is 58.8 Å². The molecular weight excluding hydrogens is 228 g/mol. The van der Waals surface area contributed by atoms with Crippen molar-refractivity contribution in [1.29, 1.82) is 0 Å². The van der Waals surface area contributed by atoms with E-state index in [0.717, 1.165) is 13.0 Å². The van der Waals surface area contributed by atoms with E-state index in [1.807, 2.05) is 4.90 Å². The largest absolute Gasteiger partial charge is 0.345 e. The smallest absolute Gasteiger partial charge is 0.244 e. The van der Waals surface area contributed by atoms with E-state index >= 15 is 0 Å². The summed E-state index contributed by atoms with van der Waals surface area (Å²) in [7, 11) is 0. The van der Waals surface area contributed by atoms with Crippen molar-refractivity contribution in [2.45, 2.75) is 64.8 Å². The molecule has 0 aliphatic carbocycles. The molecule has 1 fully saturated rings. The lowest BCUT2D eigenvalue weighted by molar-refractivity contribution is -0.133. The van der Waals surface area contributed by atoms with Gasteiger partial charge in [-0.25, -0.2) is 0 Å². The van der Waals surface area contributed by atoms with Gasteiger partial charge in [0.1, 0.15) is 6.04 Å². The van der Waals surface area contributed by atoms with Crippen molar-refractivity contribution in [3.05, 3.63) is 0 Å². The van der Waals surface area contributed by atoms with E-state index < -0.39 is 0 Å². The maximum Gasteiger partial charge on any atom is 0.244 e. The Kier molecular flexibility index (Phi) is 6.76. The number of nitrogens with zero attached hydrogens (tertiary/aromatic N) is 1. The topological polar surface area (TPSA) is 49.4 Å². The van der Waals surface area contributed by atoms with Crippen LogP contribution < -0.4 is 5.32 Å². The molecular formula is C14H26N2O2. The molecule has 1 heterocycles. The summed E-state index contributed by atoms with van der Waals surface area (Å²) in [6.07, 6.45) is 7.78. The Labute approximate surface area is 110 Å². The Bertz CT molecular complexity index is 279. The van der Waals surface area contributed by atoms with Crippen LogP contribution in [0, 0.1) is 0 Å². The minimum absolute atomic E-state index is 0.0127. The Morgan fingerprint density at radius 2 is 1.83 bits per heavy atom. The molecule has 0 aromatic rings. The molecule has 1 unspecified atom stereocenters. The van der Waals surface area contributed by atoms with Crippen molar-refractivity contribution in [2.75, 3.05) is 13.1 Å². The van der Waals surface area contributed by atoms with E-state index in [2.05, 4.69) is 12.2 Å². The fourth-order valence-corrected chi connectivity index (χ4v) is 2.30. The summed E-state index contributed by atoms with van der Waals surface area (Å²) in [5, 5.41) is 2.71. The SMILES string of the molecule is CCCCCCCCN1CCC(=O)NC(C)C1=O. The molecule has 18 heavy (non-hydrogen) atoms. The number of unbranched alkanes of at least 4 members (excludes halogenated alkanes) is 5. The molecule has 0 spiro atoms. The van der Waals surface area contributed by atoms with Crippen LogP contribution in [0.5, 0.6) is 0 Å². The highest BCUT2D eigenvalue weighted by atomic mass is 16.2. The molecule has 1 saturated heterocycles. The molecule has 0 saturated carbocycles. The number of nitrogens with one attached hydrogen (secondary N) is 1. The zero-order valence-corrected chi connectivity index (χ0v) is 11.7. The van der Waals surface area contributed by atoms with E-state index in [1.165, 1.54) is 32.1 Å². The minimum atomic E-state index is -0.361. The van der Waals surface area contributed by atoms with Crippen molar-refractivity contribution in [3.8, 4) is 0 Å². The highest BCUT2D eigenvalue weighted by Crippen LogP contribution is 2.08. The van der Waals surface area contributed by atoms with Crippen LogP contribution in [-0.4, -0.2) is 35.8 Å². The van der Waals surface area contributed by atoms with E-state index in [4.69, 9.17) is 0 Å². The maximum atomic E-state index is 12.0. The maximum absolute atomic E-state index is 12.0. The second-order valence-corrected chi connectivity index (χ2v) is 5.13. The summed E-state index contributed by atoms with van der Waals surface area (Å²) < 4.78 is 0. The molecule has 0 aromatic heterocycles. The van der Waals surface area contributed by atoms with Gasteiger partial charge in [-0.15, -0.1) is 0 Å². The average molecular weight is 254 g/mol. The summed E-state index contributed by atoms with van der Waals surface area (Å²) >= 11 is 0. The predicted molar refractivity (Wildman–Crippen MR) is 72.2 cm³/mol. The first-order valence-electron chi connectivity index (χ1n) is 7.23. The quantitative estimate of drug-likeness (QED) is 0.707. The van der Waals surface area contributed by atoms with Crippen LogP contribution in [0.2, 0.25) is 0 Å². The fraction of sp³-hybridized carbons (Fsp3) is 0.857. The number of hydrogen-bond acceptors (Lipinski definition) is 2. The van der Waals surface area contributed by atoms with Gasteiger partial charge in [0.2, 0.25) is 11.8 Å². The lowest BCUT2D eigenvalue weighted by Gasteiger charge is -2.22. The van der Waals surface area contributed by atoms with Gasteiger partial charge in [0.05, 0.1) is 0 Å². The predicted octanol–water partition coefficient (Wildman–Crippen LogP) is 2.08. The normalized spacial score (nSPS) is 20.8. The summed E-state index contributed by atoms with van der Waals surface area (Å²) in [6, 6.07) is -0.361. The van der Waals surface area contributed by atoms with Gasteiger partial charge in [0.25, 0.3) is 0 Å². The minimum Gasteiger partial charge on any atom is -0.345 e. The molecule has 1 atom stereocenters. The zero-order chi connectivity index (χ0) is 13.4. The Balaban J connectivity index is 2.23. The second kappa shape index (κ2) is 8.11. The molecule has 1 aliphatic heterocycles. The van der Waals surface area contributed by atoms with Crippen molar-refractivity contribution in [2.24, 2.45) is 0 Å². The molecule has 0 aromatic carbocycles. The third-order valence-corrected chi connectivity index (χ3v) is 3.45. The van der Waals surface area contributed by atoms with Gasteiger partial charge in [0.15, 0.2) is 0 Å². The van der Waals surface area contributed by atoms with Gasteiger partial charge in [-0.3, -0.25) is 9.59 Å². The first-order valence-corrected chi connectivity index (χ1v) is 7.23. The Morgan fingerprint density at radius 1 is 1.17 bits per heavy atom. The van der Waals surface area contributed by atoms with Crippen molar-refractivity contribution in [3.63, 3.8) is 0 Å². The van der Waals surface area contributed by atoms with E-state index in [0.29, 0.717) is 13.0 Å². The van der Waals surface area contributed by atoms with Crippen LogP contribution in [0.4, 0.5) is 0 Å². The lowest BCUT2D eigenvalue weighted by atomic mass is 10.1. The number of carbonyl (C=O) groups is 2. The van der Waals surface area contributed by atoms with Crippen LogP contribution in [0.3, 0.4) is 0 Å². The molecule has 0 bridgehead atoms. The number of hydrogen-bond donors (Lipinski definition) is 1. The molecule has 1 aliphatic rings. The number of carbonyl (C=O) groups excluding carboxylic acids is 2. The van der Waals surface area contributed by atoms with Gasteiger partial charge < -0.3 is 10.2 Å². The van der Waals surface area contributed by atoms with Gasteiger partial charge in [-0.05, 0) is 13.3 Å². The third kappa shape index (κ3) is 5.07. The molecule has 4 heteroatoms. The van der Waals surface area contributed by atoms with E-state index in [9.17, 15) is 9.59 Å². The monoisotopic (exact) mass is 254 g/mol. The van der Waals surface area contributed by atoms with Crippen LogP contribution in [0.15, 0.2) is 0 Å². The third-order valence-electron chi connectivity index (χ3n) is 3.45. The summed E-state index contributed by atoms with van der Waals surface area (Å²) in [6.45, 7) is 5.34. The summed E-state index contributed by atoms with van der Waals surface area (Å²) in [4.78, 5) is 25.1. The van der Waals surface area contributed by atoms with E-state index in [-0.39, 0.29) is 17.9 Å². The van der Waals surface area contributed by atoms with Crippen LogP contribution in [-0.2, 0) is 9.59 Å². The van der Waals surface area contributed by atoms with E-state index in [1.54, 1.807) is 6.92 Å². The fourth-order valence-electron chi connectivity index (χ4n) is 2.30. The highest BCUT2D eigenvalue weighted by molar-refractivity contribution is 5.89. The summed E-state index contributed by atoms with van der Waals surface area (Å²) in [5.41, 5.74) is 0. The first kappa shape index (κ1) is 15.0. The molecule has 2 amide bonds. The molecule has 0 radical (unpaired) electrons. The lowest BCUT2D eigenvalue weighted by Crippen LogP contribution is -2.42. The van der Waals surface area contributed by atoms with Gasteiger partial charge >= 0.3 is 0 Å². The Hall–Kier alpha value is -1.06. The second-order valence-electron chi connectivity index (χ2n) is 5.13. The Morgan fingerprint density at radius 3 is 2.56 bits per heavy atom. The molecule has 4 nitrogen and oxygen atoms in total. The van der Waals surface area contributed by atoms with Crippen molar-refractivity contribution in [1.82, 2.24) is 10.2 Å². The van der Waals surface area contributed by atoms with Gasteiger partial charge in [-0.1, -0.05) is 39.0 Å². The standard InChI is InChI=1S/C14H26N2O2/c1-3-4-5-6-7-8-10-16-11-9-13(17)15-12(2)14(16)18/h12H,3-11H2,1-2H3,(H,15,17).